The Morgan fingerprint density at radius 1 is 0.793 bits per heavy atom. The minimum atomic E-state index is -0.404. The Bertz CT molecular complexity index is 930. The van der Waals surface area contributed by atoms with Gasteiger partial charge < -0.3 is 0 Å². The zero-order chi connectivity index (χ0) is 20.3. The number of benzene rings is 3. The average Bonchev–Trinajstić information content (AvgIpc) is 3.24. The first-order valence-electron chi connectivity index (χ1n) is 10.4. The fourth-order valence-corrected chi connectivity index (χ4v) is 4.91. The Morgan fingerprint density at radius 3 is 2.03 bits per heavy atom. The maximum atomic E-state index is 6.43. The Morgan fingerprint density at radius 2 is 1.41 bits per heavy atom. The van der Waals surface area contributed by atoms with Gasteiger partial charge in [0.2, 0.25) is 0 Å². The van der Waals surface area contributed by atoms with Crippen molar-refractivity contribution in [2.75, 3.05) is 27.2 Å². The Kier molecular flexibility index (Phi) is 6.05. The highest BCUT2D eigenvalue weighted by Gasteiger charge is 2.38. The van der Waals surface area contributed by atoms with Crippen LogP contribution < -0.4 is 0 Å². The number of hydrogen-bond donors (Lipinski definition) is 0. The van der Waals surface area contributed by atoms with Crippen LogP contribution in [0.3, 0.4) is 0 Å². The molecule has 3 aromatic rings. The largest absolute Gasteiger partial charge is 0.299 e. The molecular weight excluding hydrogens is 376 g/mol. The van der Waals surface area contributed by atoms with E-state index in [4.69, 9.17) is 11.6 Å². The van der Waals surface area contributed by atoms with Crippen LogP contribution in [0.4, 0.5) is 0 Å². The first-order valence-corrected chi connectivity index (χ1v) is 10.8. The molecule has 1 saturated heterocycles. The molecule has 3 aromatic carbocycles. The standard InChI is InChI=1S/C26H29ClN2/c1-28(2)26(22-9-4-3-5-10-22,24-11-8-12-25(27)19-24)23-15-13-21(14-16-23)20-29-17-6-7-18-29/h3-5,8-16,19H,6-7,17-18,20H2,1-2H3. The van der Waals surface area contributed by atoms with Crippen molar-refractivity contribution in [1.82, 2.24) is 9.80 Å². The second kappa shape index (κ2) is 8.71. The van der Waals surface area contributed by atoms with Gasteiger partial charge in [-0.3, -0.25) is 9.80 Å². The molecule has 1 heterocycles. The highest BCUT2D eigenvalue weighted by molar-refractivity contribution is 6.30. The predicted molar refractivity (Wildman–Crippen MR) is 122 cm³/mol. The van der Waals surface area contributed by atoms with Crippen LogP contribution in [0.1, 0.15) is 35.1 Å². The summed E-state index contributed by atoms with van der Waals surface area (Å²) in [4.78, 5) is 4.84. The molecule has 0 saturated carbocycles. The van der Waals surface area contributed by atoms with Gasteiger partial charge in [-0.15, -0.1) is 0 Å². The van der Waals surface area contributed by atoms with Crippen molar-refractivity contribution in [3.8, 4) is 0 Å². The normalized spacial score (nSPS) is 16.8. The molecule has 29 heavy (non-hydrogen) atoms. The lowest BCUT2D eigenvalue weighted by Crippen LogP contribution is -2.43. The summed E-state index contributed by atoms with van der Waals surface area (Å²) in [5, 5.41) is 0.760. The molecule has 0 N–H and O–H groups in total. The highest BCUT2D eigenvalue weighted by atomic mass is 35.5. The molecule has 0 bridgehead atoms. The van der Waals surface area contributed by atoms with E-state index in [0.29, 0.717) is 0 Å². The summed E-state index contributed by atoms with van der Waals surface area (Å²) in [6, 6.07) is 28.1. The molecule has 0 amide bonds. The maximum Gasteiger partial charge on any atom is 0.0968 e. The molecule has 1 fully saturated rings. The molecule has 3 heteroatoms. The summed E-state index contributed by atoms with van der Waals surface area (Å²) in [6.45, 7) is 3.48. The van der Waals surface area contributed by atoms with Crippen LogP contribution in [0.5, 0.6) is 0 Å². The topological polar surface area (TPSA) is 6.48 Å². The van der Waals surface area contributed by atoms with Crippen molar-refractivity contribution in [3.05, 3.63) is 106 Å². The van der Waals surface area contributed by atoms with Gasteiger partial charge in [0, 0.05) is 11.6 Å². The summed E-state index contributed by atoms with van der Waals surface area (Å²) in [7, 11) is 4.29. The summed E-state index contributed by atoms with van der Waals surface area (Å²) in [5.74, 6) is 0. The van der Waals surface area contributed by atoms with Gasteiger partial charge in [0.05, 0.1) is 5.54 Å². The third-order valence-electron chi connectivity index (χ3n) is 6.08. The fourth-order valence-electron chi connectivity index (χ4n) is 4.72. The van der Waals surface area contributed by atoms with Crippen molar-refractivity contribution in [2.45, 2.75) is 24.9 Å². The van der Waals surface area contributed by atoms with Crippen molar-refractivity contribution >= 4 is 11.6 Å². The molecule has 1 unspecified atom stereocenters. The van der Waals surface area contributed by atoms with E-state index >= 15 is 0 Å². The number of likely N-dealkylation sites (tertiary alicyclic amines) is 1. The minimum absolute atomic E-state index is 0.404. The molecule has 1 aliphatic heterocycles. The number of halogens is 1. The Hall–Kier alpha value is -2.13. The molecule has 1 atom stereocenters. The summed E-state index contributed by atoms with van der Waals surface area (Å²) in [6.07, 6.45) is 2.65. The van der Waals surface area contributed by atoms with Crippen molar-refractivity contribution in [3.63, 3.8) is 0 Å². The quantitative estimate of drug-likeness (QED) is 0.480. The van der Waals surface area contributed by atoms with Gasteiger partial charge in [0.15, 0.2) is 0 Å². The van der Waals surface area contributed by atoms with E-state index in [-0.39, 0.29) is 0 Å². The van der Waals surface area contributed by atoms with Gasteiger partial charge in [-0.05, 0) is 74.4 Å². The maximum absolute atomic E-state index is 6.43. The van der Waals surface area contributed by atoms with Crippen molar-refractivity contribution in [1.29, 1.82) is 0 Å². The highest BCUT2D eigenvalue weighted by Crippen LogP contribution is 2.41. The van der Waals surface area contributed by atoms with E-state index in [0.717, 1.165) is 11.6 Å². The lowest BCUT2D eigenvalue weighted by molar-refractivity contribution is 0.247. The van der Waals surface area contributed by atoms with E-state index in [2.05, 4.69) is 90.6 Å². The smallest absolute Gasteiger partial charge is 0.0968 e. The Balaban J connectivity index is 1.81. The lowest BCUT2D eigenvalue weighted by atomic mass is 9.76. The number of rotatable bonds is 6. The van der Waals surface area contributed by atoms with Gasteiger partial charge in [-0.25, -0.2) is 0 Å². The zero-order valence-electron chi connectivity index (χ0n) is 17.3. The second-order valence-electron chi connectivity index (χ2n) is 8.16. The van der Waals surface area contributed by atoms with Crippen LogP contribution >= 0.6 is 11.6 Å². The van der Waals surface area contributed by atoms with Gasteiger partial charge in [-0.1, -0.05) is 78.3 Å². The molecule has 150 valence electrons. The van der Waals surface area contributed by atoms with Crippen molar-refractivity contribution < 1.29 is 0 Å². The second-order valence-corrected chi connectivity index (χ2v) is 8.60. The van der Waals surface area contributed by atoms with Crippen molar-refractivity contribution in [2.24, 2.45) is 0 Å². The van der Waals surface area contributed by atoms with Gasteiger partial charge in [-0.2, -0.15) is 0 Å². The predicted octanol–water partition coefficient (Wildman–Crippen LogP) is 5.79. The van der Waals surface area contributed by atoms with E-state index < -0.39 is 5.54 Å². The number of hydrogen-bond acceptors (Lipinski definition) is 2. The van der Waals surface area contributed by atoms with Crippen LogP contribution in [0.15, 0.2) is 78.9 Å². The van der Waals surface area contributed by atoms with E-state index in [1.165, 1.54) is 48.2 Å². The fraction of sp³-hybridized carbons (Fsp3) is 0.308. The third kappa shape index (κ3) is 3.98. The summed E-state index contributed by atoms with van der Waals surface area (Å²) >= 11 is 6.43. The van der Waals surface area contributed by atoms with Crippen LogP contribution in [-0.2, 0) is 12.1 Å². The van der Waals surface area contributed by atoms with Gasteiger partial charge in [0.25, 0.3) is 0 Å². The molecule has 0 aliphatic carbocycles. The average molecular weight is 405 g/mol. The van der Waals surface area contributed by atoms with Gasteiger partial charge in [0.1, 0.15) is 0 Å². The monoisotopic (exact) mass is 404 g/mol. The lowest BCUT2D eigenvalue weighted by Gasteiger charge is -2.42. The minimum Gasteiger partial charge on any atom is -0.299 e. The third-order valence-corrected chi connectivity index (χ3v) is 6.32. The van der Waals surface area contributed by atoms with E-state index in [9.17, 15) is 0 Å². The summed E-state index contributed by atoms with van der Waals surface area (Å²) < 4.78 is 0. The van der Waals surface area contributed by atoms with E-state index in [1.807, 2.05) is 12.1 Å². The number of nitrogens with zero attached hydrogens (tertiary/aromatic N) is 2. The first-order chi connectivity index (χ1) is 14.1. The SMILES string of the molecule is CN(C)C(c1ccccc1)(c1ccc(CN2CCCC2)cc1)c1cccc(Cl)c1. The molecule has 0 spiro atoms. The van der Waals surface area contributed by atoms with Crippen LogP contribution in [0, 0.1) is 0 Å². The summed E-state index contributed by atoms with van der Waals surface area (Å²) in [5.41, 5.74) is 4.63. The molecule has 2 nitrogen and oxygen atoms in total. The molecule has 1 aliphatic rings. The zero-order valence-corrected chi connectivity index (χ0v) is 18.1. The Labute approximate surface area is 179 Å². The molecular formula is C26H29ClN2. The van der Waals surface area contributed by atoms with Crippen LogP contribution in [-0.4, -0.2) is 37.0 Å². The molecule has 0 aromatic heterocycles. The van der Waals surface area contributed by atoms with Gasteiger partial charge >= 0.3 is 0 Å². The van der Waals surface area contributed by atoms with Crippen LogP contribution in [0.25, 0.3) is 0 Å². The molecule has 4 rings (SSSR count). The van der Waals surface area contributed by atoms with E-state index in [1.54, 1.807) is 0 Å². The first kappa shape index (κ1) is 20.2. The molecule has 0 radical (unpaired) electrons. The van der Waals surface area contributed by atoms with Crippen LogP contribution in [0.2, 0.25) is 5.02 Å².